The van der Waals surface area contributed by atoms with Crippen molar-refractivity contribution in [3.63, 3.8) is 0 Å². The molecule has 0 radical (unpaired) electrons. The van der Waals surface area contributed by atoms with Crippen LogP contribution in [-0.2, 0) is 9.53 Å². The van der Waals surface area contributed by atoms with Crippen LogP contribution in [0.5, 0.6) is 0 Å². The van der Waals surface area contributed by atoms with E-state index in [2.05, 4.69) is 0 Å². The van der Waals surface area contributed by atoms with Crippen LogP contribution < -0.4 is 0 Å². The number of amides is 1. The van der Waals surface area contributed by atoms with E-state index in [-0.39, 0.29) is 24.0 Å². The van der Waals surface area contributed by atoms with E-state index in [0.29, 0.717) is 11.8 Å². The molecule has 1 N–H and O–H groups in total. The van der Waals surface area contributed by atoms with Gasteiger partial charge in [-0.2, -0.15) is 0 Å². The van der Waals surface area contributed by atoms with Crippen LogP contribution in [0.1, 0.15) is 33.6 Å². The predicted molar refractivity (Wildman–Crippen MR) is 67.6 cm³/mol. The number of aliphatic carboxylic acids is 1. The molecule has 4 rings (SSSR count). The Morgan fingerprint density at radius 2 is 1.95 bits per heavy atom. The topological polar surface area (TPSA) is 66.8 Å². The minimum absolute atomic E-state index is 0.172. The molecule has 2 bridgehead atoms. The summed E-state index contributed by atoms with van der Waals surface area (Å²) in [5, 5.41) is 9.01. The van der Waals surface area contributed by atoms with E-state index >= 15 is 0 Å². The highest BCUT2D eigenvalue weighted by atomic mass is 16.6. The molecule has 0 aromatic rings. The Kier molecular flexibility index (Phi) is 2.60. The van der Waals surface area contributed by atoms with Crippen LogP contribution >= 0.6 is 0 Å². The first-order valence-corrected chi connectivity index (χ1v) is 7.00. The Hall–Kier alpha value is -1.26. The number of carbonyl (C=O) groups excluding carboxylic acids is 1. The number of hydrogen-bond donors (Lipinski definition) is 1. The number of fused-ring (bicyclic) bond motifs is 1. The molecule has 4 aliphatic rings. The van der Waals surface area contributed by atoms with Gasteiger partial charge in [0.15, 0.2) is 0 Å². The zero-order valence-electron chi connectivity index (χ0n) is 11.6. The van der Waals surface area contributed by atoms with Crippen LogP contribution in [0.4, 0.5) is 4.79 Å². The molecule has 5 atom stereocenters. The maximum Gasteiger partial charge on any atom is 0.410 e. The lowest BCUT2D eigenvalue weighted by Crippen LogP contribution is -2.44. The molecule has 0 aromatic heterocycles. The maximum absolute atomic E-state index is 12.1. The molecule has 2 aliphatic heterocycles. The van der Waals surface area contributed by atoms with Gasteiger partial charge >= 0.3 is 12.1 Å². The second-order valence-corrected chi connectivity index (χ2v) is 7.12. The molecule has 2 saturated carbocycles. The molecular weight excluding hydrogens is 246 g/mol. The van der Waals surface area contributed by atoms with E-state index in [1.807, 2.05) is 25.7 Å². The molecular formula is C14H21NO4. The number of carbonyl (C=O) groups is 2. The summed E-state index contributed by atoms with van der Waals surface area (Å²) >= 11 is 0. The monoisotopic (exact) mass is 267 g/mol. The lowest BCUT2D eigenvalue weighted by Gasteiger charge is -2.37. The highest BCUT2D eigenvalue weighted by molar-refractivity contribution is 5.74. The van der Waals surface area contributed by atoms with Crippen molar-refractivity contribution in [2.75, 3.05) is 6.54 Å². The van der Waals surface area contributed by atoms with E-state index < -0.39 is 11.6 Å². The van der Waals surface area contributed by atoms with Gasteiger partial charge in [-0.3, -0.25) is 4.79 Å². The molecule has 106 valence electrons. The van der Waals surface area contributed by atoms with E-state index in [1.165, 1.54) is 0 Å². The van der Waals surface area contributed by atoms with Crippen LogP contribution in [0.15, 0.2) is 0 Å². The fourth-order valence-corrected chi connectivity index (χ4v) is 3.75. The van der Waals surface area contributed by atoms with Crippen molar-refractivity contribution >= 4 is 12.1 Å². The summed E-state index contributed by atoms with van der Waals surface area (Å²) in [4.78, 5) is 24.9. The largest absolute Gasteiger partial charge is 0.481 e. The Labute approximate surface area is 112 Å². The van der Waals surface area contributed by atoms with Crippen molar-refractivity contribution in [3.8, 4) is 0 Å². The second kappa shape index (κ2) is 3.87. The molecule has 2 heterocycles. The SMILES string of the molecule is CC(C)(C)OC(=O)N1C[C@@H]2C[C@H]1C2C1CC1C(=O)O. The van der Waals surface area contributed by atoms with Gasteiger partial charge in [0.05, 0.1) is 5.92 Å². The van der Waals surface area contributed by atoms with E-state index in [0.717, 1.165) is 19.4 Å². The Bertz CT molecular complexity index is 428. The van der Waals surface area contributed by atoms with Crippen LogP contribution in [0, 0.1) is 23.7 Å². The molecule has 0 spiro atoms. The molecule has 3 unspecified atom stereocenters. The number of nitrogens with zero attached hydrogens (tertiary/aromatic N) is 1. The van der Waals surface area contributed by atoms with Gasteiger partial charge in [-0.25, -0.2) is 4.79 Å². The van der Waals surface area contributed by atoms with Gasteiger partial charge in [0, 0.05) is 12.6 Å². The first-order valence-electron chi connectivity index (χ1n) is 7.00. The summed E-state index contributed by atoms with van der Waals surface area (Å²) in [7, 11) is 0. The van der Waals surface area contributed by atoms with Crippen LogP contribution in [0.3, 0.4) is 0 Å². The van der Waals surface area contributed by atoms with Crippen molar-refractivity contribution in [2.45, 2.75) is 45.3 Å². The van der Waals surface area contributed by atoms with Crippen molar-refractivity contribution in [1.29, 1.82) is 0 Å². The van der Waals surface area contributed by atoms with Gasteiger partial charge < -0.3 is 14.7 Å². The third-order valence-electron chi connectivity index (χ3n) is 4.64. The number of carboxylic acids is 1. The van der Waals surface area contributed by atoms with E-state index in [1.54, 1.807) is 0 Å². The second-order valence-electron chi connectivity index (χ2n) is 7.12. The molecule has 0 aromatic carbocycles. The Morgan fingerprint density at radius 1 is 1.26 bits per heavy atom. The van der Waals surface area contributed by atoms with Gasteiger partial charge in [-0.15, -0.1) is 0 Å². The summed E-state index contributed by atoms with van der Waals surface area (Å²) in [5.41, 5.74) is -0.470. The van der Waals surface area contributed by atoms with E-state index in [9.17, 15) is 9.59 Å². The zero-order chi connectivity index (χ0) is 13.9. The summed E-state index contributed by atoms with van der Waals surface area (Å²) < 4.78 is 5.41. The highest BCUT2D eigenvalue weighted by Gasteiger charge is 2.63. The van der Waals surface area contributed by atoms with Crippen LogP contribution in [0.25, 0.3) is 0 Å². The van der Waals surface area contributed by atoms with Gasteiger partial charge in [-0.05, 0) is 51.4 Å². The molecule has 5 nitrogen and oxygen atoms in total. The normalized spacial score (nSPS) is 39.7. The smallest absolute Gasteiger partial charge is 0.410 e. The van der Waals surface area contributed by atoms with Crippen molar-refractivity contribution in [1.82, 2.24) is 4.90 Å². The third kappa shape index (κ3) is 2.09. The highest BCUT2D eigenvalue weighted by Crippen LogP contribution is 2.59. The third-order valence-corrected chi connectivity index (χ3v) is 4.64. The Morgan fingerprint density at radius 3 is 2.47 bits per heavy atom. The summed E-state index contributed by atoms with van der Waals surface area (Å²) in [6.45, 7) is 6.34. The fraction of sp³-hybridized carbons (Fsp3) is 0.857. The number of ether oxygens (including phenoxy) is 1. The minimum Gasteiger partial charge on any atom is -0.481 e. The van der Waals surface area contributed by atoms with Crippen LogP contribution in [0.2, 0.25) is 0 Å². The molecule has 1 amide bonds. The minimum atomic E-state index is -0.680. The average molecular weight is 267 g/mol. The summed E-state index contributed by atoms with van der Waals surface area (Å²) in [5.74, 6) is 0.322. The molecule has 5 heteroatoms. The van der Waals surface area contributed by atoms with Gasteiger partial charge in [0.1, 0.15) is 5.60 Å². The molecule has 2 aliphatic carbocycles. The molecule has 19 heavy (non-hydrogen) atoms. The fourth-order valence-electron chi connectivity index (χ4n) is 3.75. The summed E-state index contributed by atoms with van der Waals surface area (Å²) in [6.07, 6.45) is 1.57. The van der Waals surface area contributed by atoms with E-state index in [4.69, 9.17) is 9.84 Å². The standard InChI is InChI=1S/C14H21NO4/c1-14(2,3)19-13(18)15-6-7-4-10(15)11(7)8-5-9(8)12(16)17/h7-11H,4-6H2,1-3H3,(H,16,17)/t7-,8?,9?,10-,11?/m0/s1. The lowest BCUT2D eigenvalue weighted by atomic mass is 9.70. The Balaban J connectivity index is 1.61. The van der Waals surface area contributed by atoms with Crippen molar-refractivity contribution < 1.29 is 19.4 Å². The molecule has 2 saturated heterocycles. The first-order chi connectivity index (χ1) is 8.78. The quantitative estimate of drug-likeness (QED) is 0.830. The summed E-state index contributed by atoms with van der Waals surface area (Å²) in [6, 6.07) is 0.217. The van der Waals surface area contributed by atoms with Gasteiger partial charge in [0.25, 0.3) is 0 Å². The predicted octanol–water partition coefficient (Wildman–Crippen LogP) is 1.96. The van der Waals surface area contributed by atoms with Gasteiger partial charge in [0.2, 0.25) is 0 Å². The number of rotatable bonds is 2. The van der Waals surface area contributed by atoms with Crippen LogP contribution in [-0.4, -0.2) is 40.3 Å². The number of hydrogen-bond acceptors (Lipinski definition) is 3. The van der Waals surface area contributed by atoms with Gasteiger partial charge in [-0.1, -0.05) is 0 Å². The number of carboxylic acid groups (broad SMARTS) is 1. The van der Waals surface area contributed by atoms with Crippen molar-refractivity contribution in [2.24, 2.45) is 23.7 Å². The maximum atomic E-state index is 12.1. The first kappa shape index (κ1) is 12.8. The van der Waals surface area contributed by atoms with Crippen molar-refractivity contribution in [3.05, 3.63) is 0 Å². The molecule has 4 fully saturated rings. The lowest BCUT2D eigenvalue weighted by molar-refractivity contribution is -0.139. The zero-order valence-corrected chi connectivity index (χ0v) is 11.6. The average Bonchev–Trinajstić information content (AvgIpc) is 2.73.